The Morgan fingerprint density at radius 2 is 2.12 bits per heavy atom. The second-order valence-corrected chi connectivity index (χ2v) is 4.92. The molecule has 2 nitrogen and oxygen atoms in total. The van der Waals surface area contributed by atoms with Gasteiger partial charge in [-0.2, -0.15) is 0 Å². The second kappa shape index (κ2) is 4.63. The molecule has 0 aliphatic carbocycles. The number of ether oxygens (including phenoxy) is 1. The molecule has 2 aliphatic rings. The lowest BCUT2D eigenvalue weighted by atomic mass is 10.0. The molecule has 0 aromatic heterocycles. The number of benzene rings is 1. The molecule has 2 aliphatic heterocycles. The van der Waals surface area contributed by atoms with Crippen molar-refractivity contribution in [3.63, 3.8) is 0 Å². The van der Waals surface area contributed by atoms with Gasteiger partial charge in [0, 0.05) is 6.04 Å². The summed E-state index contributed by atoms with van der Waals surface area (Å²) in [6, 6.07) is 11.8. The summed E-state index contributed by atoms with van der Waals surface area (Å²) in [5, 5.41) is 0. The van der Waals surface area contributed by atoms with E-state index < -0.39 is 0 Å². The predicted octanol–water partition coefficient (Wildman–Crippen LogP) is 3.12. The van der Waals surface area contributed by atoms with Crippen LogP contribution in [0.15, 0.2) is 43.0 Å². The van der Waals surface area contributed by atoms with Gasteiger partial charge in [-0.3, -0.25) is 4.90 Å². The second-order valence-electron chi connectivity index (χ2n) is 4.92. The van der Waals surface area contributed by atoms with Crippen LogP contribution in [0.4, 0.5) is 0 Å². The van der Waals surface area contributed by atoms with Crippen LogP contribution in [0.1, 0.15) is 30.9 Å². The van der Waals surface area contributed by atoms with Crippen molar-refractivity contribution < 1.29 is 4.74 Å². The van der Waals surface area contributed by atoms with Crippen molar-refractivity contribution in [2.24, 2.45) is 0 Å². The zero-order chi connectivity index (χ0) is 11.7. The van der Waals surface area contributed by atoms with E-state index in [4.69, 9.17) is 4.74 Å². The molecule has 0 spiro atoms. The highest BCUT2D eigenvalue weighted by molar-refractivity contribution is 5.21. The van der Waals surface area contributed by atoms with E-state index in [0.29, 0.717) is 18.3 Å². The Labute approximate surface area is 103 Å². The quantitative estimate of drug-likeness (QED) is 0.738. The van der Waals surface area contributed by atoms with E-state index in [1.54, 1.807) is 0 Å². The van der Waals surface area contributed by atoms with Crippen molar-refractivity contribution in [1.29, 1.82) is 0 Å². The minimum Gasteiger partial charge on any atom is -0.361 e. The van der Waals surface area contributed by atoms with Gasteiger partial charge in [0.1, 0.15) is 6.23 Å². The highest BCUT2D eigenvalue weighted by Gasteiger charge is 2.43. The van der Waals surface area contributed by atoms with Crippen molar-refractivity contribution in [1.82, 2.24) is 4.90 Å². The fourth-order valence-corrected chi connectivity index (χ4v) is 3.16. The molecule has 0 amide bonds. The molecule has 0 unspecified atom stereocenters. The highest BCUT2D eigenvalue weighted by Crippen LogP contribution is 2.40. The maximum Gasteiger partial charge on any atom is 0.111 e. The summed E-state index contributed by atoms with van der Waals surface area (Å²) < 4.78 is 5.91. The molecule has 0 radical (unpaired) electrons. The average Bonchev–Trinajstić information content (AvgIpc) is 2.94. The Balaban J connectivity index is 1.84. The number of fused-ring (bicyclic) bond motifs is 1. The first-order valence-corrected chi connectivity index (χ1v) is 6.45. The topological polar surface area (TPSA) is 12.5 Å². The maximum absolute atomic E-state index is 5.91. The number of hydrogen-bond donors (Lipinski definition) is 0. The Morgan fingerprint density at radius 3 is 2.88 bits per heavy atom. The maximum atomic E-state index is 5.91. The Morgan fingerprint density at radius 1 is 1.29 bits per heavy atom. The molecule has 2 saturated heterocycles. The predicted molar refractivity (Wildman–Crippen MR) is 68.6 cm³/mol. The van der Waals surface area contributed by atoms with Crippen molar-refractivity contribution in [3.8, 4) is 0 Å². The molecular weight excluding hydrogens is 210 g/mol. The third kappa shape index (κ3) is 1.92. The lowest BCUT2D eigenvalue weighted by molar-refractivity contribution is 0.0464. The lowest BCUT2D eigenvalue weighted by Gasteiger charge is -2.28. The van der Waals surface area contributed by atoms with Gasteiger partial charge < -0.3 is 4.74 Å². The zero-order valence-electron chi connectivity index (χ0n) is 10.1. The van der Waals surface area contributed by atoms with Gasteiger partial charge in [-0.25, -0.2) is 0 Å². The smallest absolute Gasteiger partial charge is 0.111 e. The first kappa shape index (κ1) is 11.0. The molecule has 3 rings (SSSR count). The molecule has 2 heteroatoms. The van der Waals surface area contributed by atoms with Gasteiger partial charge in [0.15, 0.2) is 0 Å². The fourth-order valence-electron chi connectivity index (χ4n) is 3.16. The van der Waals surface area contributed by atoms with Gasteiger partial charge >= 0.3 is 0 Å². The van der Waals surface area contributed by atoms with Crippen LogP contribution in [0.5, 0.6) is 0 Å². The summed E-state index contributed by atoms with van der Waals surface area (Å²) in [4.78, 5) is 2.55. The van der Waals surface area contributed by atoms with E-state index in [1.807, 2.05) is 6.08 Å². The highest BCUT2D eigenvalue weighted by atomic mass is 16.5. The molecule has 2 heterocycles. The normalized spacial score (nSPS) is 32.6. The van der Waals surface area contributed by atoms with E-state index >= 15 is 0 Å². The van der Waals surface area contributed by atoms with Crippen LogP contribution in [0.25, 0.3) is 0 Å². The summed E-state index contributed by atoms with van der Waals surface area (Å²) in [7, 11) is 0. The number of rotatable bonds is 3. The molecule has 17 heavy (non-hydrogen) atoms. The van der Waals surface area contributed by atoms with Gasteiger partial charge in [0.05, 0.1) is 12.6 Å². The van der Waals surface area contributed by atoms with Crippen molar-refractivity contribution >= 4 is 0 Å². The van der Waals surface area contributed by atoms with E-state index in [9.17, 15) is 0 Å². The SMILES string of the molecule is C=CC[C@@H]1CC[C@H]2OC[C@H](c3ccccc3)N12. The first-order valence-electron chi connectivity index (χ1n) is 6.45. The molecule has 0 saturated carbocycles. The third-order valence-electron chi connectivity index (χ3n) is 3.93. The summed E-state index contributed by atoms with van der Waals surface area (Å²) >= 11 is 0. The van der Waals surface area contributed by atoms with E-state index in [1.165, 1.54) is 18.4 Å². The Bertz CT molecular complexity index is 389. The minimum atomic E-state index is 0.338. The molecule has 3 atom stereocenters. The van der Waals surface area contributed by atoms with Crippen LogP contribution in [0.3, 0.4) is 0 Å². The van der Waals surface area contributed by atoms with Gasteiger partial charge in [-0.05, 0) is 24.8 Å². The van der Waals surface area contributed by atoms with Crippen molar-refractivity contribution in [2.75, 3.05) is 6.61 Å². The molecule has 1 aromatic rings. The van der Waals surface area contributed by atoms with Crippen LogP contribution in [-0.4, -0.2) is 23.8 Å². The molecule has 2 fully saturated rings. The van der Waals surface area contributed by atoms with E-state index in [0.717, 1.165) is 13.0 Å². The van der Waals surface area contributed by atoms with Crippen LogP contribution >= 0.6 is 0 Å². The molecular formula is C15H19NO. The Kier molecular flexibility index (Phi) is 3.00. The first-order chi connectivity index (χ1) is 8.40. The average molecular weight is 229 g/mol. The fraction of sp³-hybridized carbons (Fsp3) is 0.467. The summed E-state index contributed by atoms with van der Waals surface area (Å²) in [5.41, 5.74) is 1.38. The summed E-state index contributed by atoms with van der Waals surface area (Å²) in [6.07, 6.45) is 5.85. The molecule has 1 aromatic carbocycles. The molecule has 0 bridgehead atoms. The summed E-state index contributed by atoms with van der Waals surface area (Å²) in [5.74, 6) is 0. The van der Waals surface area contributed by atoms with Gasteiger partial charge in [0.25, 0.3) is 0 Å². The number of hydrogen-bond acceptors (Lipinski definition) is 2. The lowest BCUT2D eigenvalue weighted by Crippen LogP contribution is -2.33. The molecule has 0 N–H and O–H groups in total. The van der Waals surface area contributed by atoms with Gasteiger partial charge in [0.2, 0.25) is 0 Å². The van der Waals surface area contributed by atoms with Crippen LogP contribution in [-0.2, 0) is 4.74 Å². The van der Waals surface area contributed by atoms with Crippen LogP contribution < -0.4 is 0 Å². The van der Waals surface area contributed by atoms with Crippen molar-refractivity contribution in [3.05, 3.63) is 48.6 Å². The molecule has 90 valence electrons. The monoisotopic (exact) mass is 229 g/mol. The zero-order valence-corrected chi connectivity index (χ0v) is 10.1. The largest absolute Gasteiger partial charge is 0.361 e. The standard InChI is InChI=1S/C15H19NO/c1-2-6-13-9-10-15-16(13)14(11-17-15)12-7-4-3-5-8-12/h2-5,7-8,13-15H,1,6,9-11H2/t13-,14-,15-/m1/s1. The van der Waals surface area contributed by atoms with E-state index in [2.05, 4.69) is 41.8 Å². The summed E-state index contributed by atoms with van der Waals surface area (Å²) in [6.45, 7) is 4.70. The third-order valence-corrected chi connectivity index (χ3v) is 3.93. The minimum absolute atomic E-state index is 0.338. The van der Waals surface area contributed by atoms with Gasteiger partial charge in [-0.15, -0.1) is 6.58 Å². The van der Waals surface area contributed by atoms with Gasteiger partial charge in [-0.1, -0.05) is 36.4 Å². The number of nitrogens with zero attached hydrogens (tertiary/aromatic N) is 1. The van der Waals surface area contributed by atoms with Crippen molar-refractivity contribution in [2.45, 2.75) is 37.6 Å². The Hall–Kier alpha value is -1.12. The van der Waals surface area contributed by atoms with Crippen LogP contribution in [0, 0.1) is 0 Å². The van der Waals surface area contributed by atoms with E-state index in [-0.39, 0.29) is 0 Å². The van der Waals surface area contributed by atoms with Crippen LogP contribution in [0.2, 0.25) is 0 Å².